The molecule has 0 fully saturated rings. The van der Waals surface area contributed by atoms with Gasteiger partial charge in [-0.3, -0.25) is 19.5 Å². The first-order valence-corrected chi connectivity index (χ1v) is 7.51. The molecule has 0 spiro atoms. The highest BCUT2D eigenvalue weighted by molar-refractivity contribution is 5.96. The van der Waals surface area contributed by atoms with Gasteiger partial charge in [0.05, 0.1) is 4.92 Å². The Morgan fingerprint density at radius 2 is 2.16 bits per heavy atom. The molecule has 1 N–H and O–H groups in total. The number of hydrogen-bond acceptors (Lipinski definition) is 5. The van der Waals surface area contributed by atoms with Gasteiger partial charge in [-0.1, -0.05) is 6.07 Å². The maximum Gasteiger partial charge on any atom is 0.273 e. The Hall–Kier alpha value is -3.55. The Balaban J connectivity index is 1.74. The molecule has 0 aliphatic carbocycles. The molecule has 0 atom stereocenters. The van der Waals surface area contributed by atoms with Gasteiger partial charge in [-0.15, -0.1) is 0 Å². The summed E-state index contributed by atoms with van der Waals surface area (Å²) >= 11 is 0. The van der Waals surface area contributed by atoms with E-state index in [1.807, 2.05) is 6.07 Å². The monoisotopic (exact) mass is 337 g/mol. The predicted molar refractivity (Wildman–Crippen MR) is 90.4 cm³/mol. The number of pyridine rings is 1. The van der Waals surface area contributed by atoms with Gasteiger partial charge in [-0.05, 0) is 30.7 Å². The Kier molecular flexibility index (Phi) is 4.51. The van der Waals surface area contributed by atoms with E-state index in [1.165, 1.54) is 12.1 Å². The maximum absolute atomic E-state index is 12.4. The van der Waals surface area contributed by atoms with Gasteiger partial charge >= 0.3 is 0 Å². The molecule has 0 aliphatic rings. The third kappa shape index (κ3) is 3.52. The summed E-state index contributed by atoms with van der Waals surface area (Å²) in [4.78, 5) is 31.1. The first-order valence-electron chi connectivity index (χ1n) is 7.51. The quantitative estimate of drug-likeness (QED) is 0.569. The van der Waals surface area contributed by atoms with Crippen LogP contribution in [0.1, 0.15) is 21.5 Å². The number of rotatable bonds is 5. The third-order valence-electron chi connectivity index (χ3n) is 3.78. The zero-order valence-corrected chi connectivity index (χ0v) is 13.4. The fraction of sp³-hybridized carbons (Fsp3) is 0.118. The lowest BCUT2D eigenvalue weighted by Gasteiger charge is -2.09. The van der Waals surface area contributed by atoms with E-state index in [0.29, 0.717) is 11.4 Å². The first kappa shape index (κ1) is 16.3. The van der Waals surface area contributed by atoms with Crippen molar-refractivity contribution in [3.63, 3.8) is 0 Å². The van der Waals surface area contributed by atoms with Gasteiger partial charge in [0.25, 0.3) is 11.6 Å². The Morgan fingerprint density at radius 3 is 2.88 bits per heavy atom. The van der Waals surface area contributed by atoms with Crippen LogP contribution < -0.4 is 5.32 Å². The Bertz CT molecular complexity index is 922. The van der Waals surface area contributed by atoms with E-state index in [-0.39, 0.29) is 23.7 Å². The van der Waals surface area contributed by atoms with Gasteiger partial charge < -0.3 is 5.32 Å². The highest BCUT2D eigenvalue weighted by atomic mass is 16.6. The van der Waals surface area contributed by atoms with Crippen molar-refractivity contribution in [2.45, 2.75) is 13.5 Å². The molecule has 25 heavy (non-hydrogen) atoms. The van der Waals surface area contributed by atoms with Crippen LogP contribution in [-0.2, 0) is 6.54 Å². The van der Waals surface area contributed by atoms with Crippen molar-refractivity contribution < 1.29 is 9.72 Å². The van der Waals surface area contributed by atoms with Crippen LogP contribution in [0.2, 0.25) is 0 Å². The molecule has 0 aliphatic heterocycles. The molecule has 1 aromatic carbocycles. The number of nitrogens with zero attached hydrogens (tertiary/aromatic N) is 4. The standard InChI is InChI=1S/C17H15N5O3/c1-12-14(3-2-4-15(12)22(24)25)17(23)20-10-13-5-6-19-16(9-13)21-8-7-18-11-21/h2-9,11H,10H2,1H3,(H,20,23). The second kappa shape index (κ2) is 6.91. The summed E-state index contributed by atoms with van der Waals surface area (Å²) in [7, 11) is 0. The van der Waals surface area contributed by atoms with Gasteiger partial charge in [0.15, 0.2) is 0 Å². The summed E-state index contributed by atoms with van der Waals surface area (Å²) in [5, 5.41) is 13.8. The highest BCUT2D eigenvalue weighted by Gasteiger charge is 2.17. The molecule has 8 nitrogen and oxygen atoms in total. The number of nitrogens with one attached hydrogen (secondary N) is 1. The van der Waals surface area contributed by atoms with Crippen LogP contribution in [0.25, 0.3) is 5.82 Å². The fourth-order valence-corrected chi connectivity index (χ4v) is 2.45. The van der Waals surface area contributed by atoms with E-state index in [0.717, 1.165) is 5.56 Å². The Labute approximate surface area is 143 Å². The SMILES string of the molecule is Cc1c(C(=O)NCc2ccnc(-n3ccnc3)c2)cccc1[N+](=O)[O-]. The average Bonchev–Trinajstić information content (AvgIpc) is 3.14. The summed E-state index contributed by atoms with van der Waals surface area (Å²) in [5.74, 6) is 0.331. The average molecular weight is 337 g/mol. The molecule has 126 valence electrons. The van der Waals surface area contributed by atoms with Gasteiger partial charge in [0.1, 0.15) is 12.1 Å². The van der Waals surface area contributed by atoms with E-state index in [4.69, 9.17) is 0 Å². The van der Waals surface area contributed by atoms with E-state index in [1.54, 1.807) is 48.5 Å². The van der Waals surface area contributed by atoms with E-state index < -0.39 is 4.92 Å². The van der Waals surface area contributed by atoms with Gasteiger partial charge in [0, 0.05) is 42.3 Å². The molecule has 2 aromatic heterocycles. The fourth-order valence-electron chi connectivity index (χ4n) is 2.45. The molecular weight excluding hydrogens is 322 g/mol. The molecule has 3 aromatic rings. The summed E-state index contributed by atoms with van der Waals surface area (Å²) < 4.78 is 1.76. The number of nitro benzene ring substituents is 1. The number of imidazole rings is 1. The second-order valence-corrected chi connectivity index (χ2v) is 5.38. The molecule has 0 radical (unpaired) electrons. The Morgan fingerprint density at radius 1 is 1.32 bits per heavy atom. The predicted octanol–water partition coefficient (Wildman–Crippen LogP) is 2.41. The molecule has 0 unspecified atom stereocenters. The number of nitro groups is 1. The number of amides is 1. The lowest BCUT2D eigenvalue weighted by atomic mass is 10.1. The molecule has 0 saturated heterocycles. The van der Waals surface area contributed by atoms with Crippen LogP contribution in [0.4, 0.5) is 5.69 Å². The van der Waals surface area contributed by atoms with Crippen LogP contribution in [-0.4, -0.2) is 25.4 Å². The van der Waals surface area contributed by atoms with Crippen molar-refractivity contribution in [1.29, 1.82) is 0 Å². The lowest BCUT2D eigenvalue weighted by Crippen LogP contribution is -2.24. The van der Waals surface area contributed by atoms with Crippen LogP contribution in [0.15, 0.2) is 55.2 Å². The van der Waals surface area contributed by atoms with Gasteiger partial charge in [-0.25, -0.2) is 9.97 Å². The molecule has 0 saturated carbocycles. The molecule has 3 rings (SSSR count). The minimum atomic E-state index is -0.494. The van der Waals surface area contributed by atoms with Gasteiger partial charge in [-0.2, -0.15) is 0 Å². The van der Waals surface area contributed by atoms with E-state index in [9.17, 15) is 14.9 Å². The number of aromatic nitrogens is 3. The zero-order valence-electron chi connectivity index (χ0n) is 13.4. The molecule has 8 heteroatoms. The van der Waals surface area contributed by atoms with Crippen molar-refractivity contribution in [2.24, 2.45) is 0 Å². The molecule has 0 bridgehead atoms. The highest BCUT2D eigenvalue weighted by Crippen LogP contribution is 2.21. The zero-order chi connectivity index (χ0) is 17.8. The second-order valence-electron chi connectivity index (χ2n) is 5.38. The van der Waals surface area contributed by atoms with Crippen LogP contribution in [0.5, 0.6) is 0 Å². The lowest BCUT2D eigenvalue weighted by molar-refractivity contribution is -0.385. The summed E-state index contributed by atoms with van der Waals surface area (Å²) in [6.07, 6.45) is 6.71. The number of hydrogen-bond donors (Lipinski definition) is 1. The van der Waals surface area contributed by atoms with Crippen molar-refractivity contribution in [3.05, 3.63) is 82.1 Å². The van der Waals surface area contributed by atoms with Crippen molar-refractivity contribution in [1.82, 2.24) is 19.9 Å². The first-order chi connectivity index (χ1) is 12.1. The van der Waals surface area contributed by atoms with Crippen molar-refractivity contribution in [3.8, 4) is 5.82 Å². The minimum Gasteiger partial charge on any atom is -0.348 e. The third-order valence-corrected chi connectivity index (χ3v) is 3.78. The van der Waals surface area contributed by atoms with Gasteiger partial charge in [0.2, 0.25) is 0 Å². The maximum atomic E-state index is 12.4. The molecular formula is C17H15N5O3. The normalized spacial score (nSPS) is 10.4. The summed E-state index contributed by atoms with van der Waals surface area (Å²) in [6, 6.07) is 8.08. The van der Waals surface area contributed by atoms with E-state index in [2.05, 4.69) is 15.3 Å². The summed E-state index contributed by atoms with van der Waals surface area (Å²) in [6.45, 7) is 1.85. The number of carbonyl (C=O) groups is 1. The molecule has 1 amide bonds. The smallest absolute Gasteiger partial charge is 0.273 e. The minimum absolute atomic E-state index is 0.0704. The van der Waals surface area contributed by atoms with Crippen LogP contribution in [0, 0.1) is 17.0 Å². The topological polar surface area (TPSA) is 103 Å². The van der Waals surface area contributed by atoms with E-state index >= 15 is 0 Å². The largest absolute Gasteiger partial charge is 0.348 e. The van der Waals surface area contributed by atoms with Crippen LogP contribution >= 0.6 is 0 Å². The summed E-state index contributed by atoms with van der Waals surface area (Å²) in [5.41, 5.74) is 1.42. The molecule has 2 heterocycles. The number of benzene rings is 1. The van der Waals surface area contributed by atoms with Crippen molar-refractivity contribution >= 4 is 11.6 Å². The van der Waals surface area contributed by atoms with Crippen molar-refractivity contribution in [2.75, 3.05) is 0 Å². The van der Waals surface area contributed by atoms with Crippen LogP contribution in [0.3, 0.4) is 0 Å². The number of carbonyl (C=O) groups excluding carboxylic acids is 1.